The summed E-state index contributed by atoms with van der Waals surface area (Å²) in [6.45, 7) is 4.48. The first-order valence-electron chi connectivity index (χ1n) is 11.6. The van der Waals surface area contributed by atoms with E-state index in [0.717, 1.165) is 34.9 Å². The molecule has 1 fully saturated rings. The van der Waals surface area contributed by atoms with E-state index in [9.17, 15) is 4.79 Å². The lowest BCUT2D eigenvalue weighted by Gasteiger charge is -2.53. The molecule has 5 rings (SSSR count). The van der Waals surface area contributed by atoms with Crippen molar-refractivity contribution in [2.45, 2.75) is 31.4 Å². The van der Waals surface area contributed by atoms with Crippen molar-refractivity contribution in [3.8, 4) is 0 Å². The molecule has 2 aliphatic heterocycles. The summed E-state index contributed by atoms with van der Waals surface area (Å²) in [6, 6.07) is 8.65. The molecule has 4 atom stereocenters. The van der Waals surface area contributed by atoms with Gasteiger partial charge in [0.2, 0.25) is 0 Å². The van der Waals surface area contributed by atoms with Crippen molar-refractivity contribution in [1.29, 1.82) is 0 Å². The fraction of sp³-hybridized carbons (Fsp3) is 0.462. The molecule has 0 amide bonds. The monoisotopic (exact) mass is 512 g/mol. The van der Waals surface area contributed by atoms with E-state index >= 15 is 0 Å². The largest absolute Gasteiger partial charge is 0.462 e. The lowest BCUT2D eigenvalue weighted by molar-refractivity contribution is -0.131. The Morgan fingerprint density at radius 3 is 2.91 bits per heavy atom. The van der Waals surface area contributed by atoms with Crippen LogP contribution in [0.2, 0.25) is 0 Å². The molecule has 2 aromatic rings. The standard InChI is InChI=1S/C26H31BrN3O3/c1-5-30(3)15-19-10-23-26(32-4,21-7-6-8-22(30)24(19)21)11-17(14-29(23)2)16-33-25(31)18-9-20(27)13-28-12-18/h6-9,12-13,15,17,23H,5,10-11,14,16H2,1-4H3/q+1/t17-,23-,26+,30?/m1/s1. The summed E-state index contributed by atoms with van der Waals surface area (Å²) >= 11 is 3.37. The molecule has 3 aliphatic rings. The smallest absolute Gasteiger partial charge is 0.339 e. The topological polar surface area (TPSA) is 51.7 Å². The van der Waals surface area contributed by atoms with Gasteiger partial charge in [0.1, 0.15) is 17.5 Å². The van der Waals surface area contributed by atoms with Gasteiger partial charge < -0.3 is 9.47 Å². The Morgan fingerprint density at radius 2 is 2.18 bits per heavy atom. The Kier molecular flexibility index (Phi) is 5.72. The van der Waals surface area contributed by atoms with Gasteiger partial charge in [0.15, 0.2) is 0 Å². The fourth-order valence-electron chi connectivity index (χ4n) is 6.13. The van der Waals surface area contributed by atoms with Crippen LogP contribution >= 0.6 is 15.9 Å². The Bertz CT molecular complexity index is 1140. The highest BCUT2D eigenvalue weighted by Gasteiger charge is 2.55. The number of likely N-dealkylation sites (N-methyl/N-ethyl adjacent to an activating group) is 1. The van der Waals surface area contributed by atoms with Crippen LogP contribution in [0.3, 0.4) is 0 Å². The summed E-state index contributed by atoms with van der Waals surface area (Å²) in [6.07, 6.45) is 7.42. The van der Waals surface area contributed by atoms with Crippen molar-refractivity contribution in [3.63, 3.8) is 0 Å². The third-order valence-electron chi connectivity index (χ3n) is 7.84. The number of carbonyl (C=O) groups excluding carboxylic acids is 1. The van der Waals surface area contributed by atoms with Crippen LogP contribution < -0.4 is 4.48 Å². The number of hydrogen-bond donors (Lipinski definition) is 0. The van der Waals surface area contributed by atoms with E-state index in [-0.39, 0.29) is 17.9 Å². The molecule has 0 N–H and O–H groups in total. The molecule has 33 heavy (non-hydrogen) atoms. The molecule has 1 unspecified atom stereocenters. The maximum atomic E-state index is 12.6. The minimum atomic E-state index is -0.424. The third-order valence-corrected chi connectivity index (χ3v) is 8.28. The van der Waals surface area contributed by atoms with Crippen LogP contribution in [-0.4, -0.2) is 62.8 Å². The van der Waals surface area contributed by atoms with Crippen molar-refractivity contribution in [2.75, 3.05) is 40.9 Å². The van der Waals surface area contributed by atoms with E-state index in [1.807, 2.05) is 7.11 Å². The maximum absolute atomic E-state index is 12.6. The normalized spacial score (nSPS) is 30.4. The molecule has 1 aliphatic carbocycles. The molecule has 1 aromatic heterocycles. The van der Waals surface area contributed by atoms with Crippen molar-refractivity contribution in [3.05, 3.63) is 64.0 Å². The maximum Gasteiger partial charge on any atom is 0.339 e. The van der Waals surface area contributed by atoms with Gasteiger partial charge in [-0.3, -0.25) is 14.4 Å². The van der Waals surface area contributed by atoms with Gasteiger partial charge in [0, 0.05) is 54.1 Å². The molecule has 6 nitrogen and oxygen atoms in total. The number of nitrogens with zero attached hydrogens (tertiary/aromatic N) is 3. The first-order valence-corrected chi connectivity index (χ1v) is 12.3. The van der Waals surface area contributed by atoms with Gasteiger partial charge in [-0.15, -0.1) is 0 Å². The number of piperidine rings is 1. The van der Waals surface area contributed by atoms with Crippen LogP contribution in [0.5, 0.6) is 0 Å². The predicted molar refractivity (Wildman–Crippen MR) is 133 cm³/mol. The number of pyridine rings is 1. The van der Waals surface area contributed by atoms with Gasteiger partial charge in [-0.25, -0.2) is 4.79 Å². The summed E-state index contributed by atoms with van der Waals surface area (Å²) in [4.78, 5) is 19.1. The van der Waals surface area contributed by atoms with Crippen LogP contribution in [0.15, 0.2) is 47.3 Å². The van der Waals surface area contributed by atoms with Gasteiger partial charge in [-0.1, -0.05) is 12.1 Å². The third kappa shape index (κ3) is 3.57. The number of ether oxygens (including phenoxy) is 2. The van der Waals surface area contributed by atoms with Crippen LogP contribution in [0.1, 0.15) is 41.3 Å². The molecule has 1 saturated heterocycles. The van der Waals surface area contributed by atoms with Gasteiger partial charge in [0.25, 0.3) is 0 Å². The Morgan fingerprint density at radius 1 is 1.36 bits per heavy atom. The number of likely N-dealkylation sites (tertiary alicyclic amines) is 1. The van der Waals surface area contributed by atoms with E-state index in [1.54, 1.807) is 12.3 Å². The van der Waals surface area contributed by atoms with Gasteiger partial charge >= 0.3 is 5.97 Å². The second kappa shape index (κ2) is 8.31. The van der Waals surface area contributed by atoms with Gasteiger partial charge in [-0.05, 0) is 54.4 Å². The van der Waals surface area contributed by atoms with E-state index < -0.39 is 5.60 Å². The average Bonchev–Trinajstić information content (AvgIpc) is 3.11. The SMILES string of the molecule is CC[N+]1(C)C=C2C[C@H]3N(C)C[C@H](COC(=O)c4cncc(Br)c4)C[C@]3(OC)c3cccc1c32. The summed E-state index contributed by atoms with van der Waals surface area (Å²) < 4.78 is 13.7. The highest BCUT2D eigenvalue weighted by atomic mass is 79.9. The first-order chi connectivity index (χ1) is 15.8. The number of quaternary nitrogens is 1. The molecular formula is C26H31BrN3O3+. The van der Waals surface area contributed by atoms with Gasteiger partial charge in [0.05, 0.1) is 31.3 Å². The minimum absolute atomic E-state index is 0.171. The molecule has 7 heteroatoms. The van der Waals surface area contributed by atoms with Crippen LogP contribution in [0.4, 0.5) is 5.69 Å². The first kappa shape index (κ1) is 22.7. The molecule has 0 bridgehead atoms. The van der Waals surface area contributed by atoms with Crippen LogP contribution in [0.25, 0.3) is 5.57 Å². The molecule has 0 radical (unpaired) electrons. The quantitative estimate of drug-likeness (QED) is 0.433. The van der Waals surface area contributed by atoms with E-state index in [2.05, 4.69) is 71.2 Å². The molecule has 1 aromatic carbocycles. The van der Waals surface area contributed by atoms with E-state index in [4.69, 9.17) is 9.47 Å². The number of esters is 1. The molecule has 0 saturated carbocycles. The zero-order valence-corrected chi connectivity index (χ0v) is 21.3. The second-order valence-electron chi connectivity index (χ2n) is 9.75. The Hall–Kier alpha value is -2.06. The van der Waals surface area contributed by atoms with Crippen molar-refractivity contribution in [1.82, 2.24) is 14.4 Å². The Balaban J connectivity index is 1.44. The van der Waals surface area contributed by atoms with E-state index in [1.165, 1.54) is 28.6 Å². The molecular weight excluding hydrogens is 482 g/mol. The zero-order valence-electron chi connectivity index (χ0n) is 19.7. The second-order valence-corrected chi connectivity index (χ2v) is 10.7. The summed E-state index contributed by atoms with van der Waals surface area (Å²) in [5.74, 6) is -0.171. The molecule has 3 heterocycles. The number of methoxy groups -OCH3 is 1. The number of benzene rings is 1. The summed E-state index contributed by atoms with van der Waals surface area (Å²) in [5, 5.41) is 0. The predicted octanol–water partition coefficient (Wildman–Crippen LogP) is 4.58. The number of carbonyl (C=O) groups is 1. The van der Waals surface area contributed by atoms with E-state index in [0.29, 0.717) is 12.2 Å². The zero-order chi connectivity index (χ0) is 23.4. The van der Waals surface area contributed by atoms with Crippen LogP contribution in [0, 0.1) is 5.92 Å². The van der Waals surface area contributed by atoms with Crippen molar-refractivity contribution in [2.24, 2.45) is 5.92 Å². The number of fused-ring (bicyclic) bond motifs is 2. The highest BCUT2D eigenvalue weighted by Crippen LogP contribution is 2.56. The van der Waals surface area contributed by atoms with Crippen molar-refractivity contribution >= 4 is 33.2 Å². The minimum Gasteiger partial charge on any atom is -0.462 e. The molecule has 0 spiro atoms. The summed E-state index contributed by atoms with van der Waals surface area (Å²) in [5.41, 5.74) is 5.47. The number of rotatable bonds is 5. The van der Waals surface area contributed by atoms with Crippen LogP contribution in [-0.2, 0) is 15.1 Å². The summed E-state index contributed by atoms with van der Waals surface area (Å²) in [7, 11) is 6.29. The number of halogens is 1. The average molecular weight is 513 g/mol. The Labute approximate surface area is 203 Å². The fourth-order valence-corrected chi connectivity index (χ4v) is 6.49. The lowest BCUT2D eigenvalue weighted by atomic mass is 9.67. The highest BCUT2D eigenvalue weighted by molar-refractivity contribution is 9.10. The molecule has 174 valence electrons. The van der Waals surface area contributed by atoms with Crippen molar-refractivity contribution < 1.29 is 14.3 Å². The number of hydrogen-bond acceptors (Lipinski definition) is 5. The van der Waals surface area contributed by atoms with Gasteiger partial charge in [-0.2, -0.15) is 0 Å². The number of aromatic nitrogens is 1. The lowest BCUT2D eigenvalue weighted by Crippen LogP contribution is -2.59.